The molecule has 2 aliphatic rings. The zero-order valence-corrected chi connectivity index (χ0v) is 70.5. The molecule has 2 radical (unpaired) electrons. The molecule has 0 saturated heterocycles. The summed E-state index contributed by atoms with van der Waals surface area (Å²) in [7, 11) is 6.52. The maximum atomic E-state index is 13.2. The Balaban J connectivity index is -0.000000668. The first-order valence-corrected chi connectivity index (χ1v) is 34.1. The standard InChI is InChI=1S/C22H23F2N6O5.C14H19N2O4.C10H10F2N4O2.C8H9N3O2S.C5H12F2N2.C5H12N2O.C3H8F2N2.CH4.ClH.2Y/c1-12-2-3-17(31)15(4-12)16(6-19(33)34)30-18(32)9-26-20(35)13-5-14(8-25-7-13)29-21-27-10-22(23,24)11-28-21;1-3-20-14(19)7-11(16-13(18)8-15)10-6-9(2)4-5-12(10)17;11-10(12)4-14-9(15-5-10)16-7-1-6(8(17)18)2-13-3-7;1-14-8(9)11-6-2-5(7(12)13)3-10-4-6;1-8-3-5(6,7)4-9-2;1-6-3-5(8)4-7-2;4-3(5,1-6)2-7;;;;/h2,4-5,7-8,16,31H,6,9-11H2,1H3,(H,26,35)(H,30,32)(H,33,34)(H2,27,28,29);4,6,11,17H,3,7-8,15H2,1-2H3,(H,16,18);1-3H,4-5H2,(H,17,18)(H2,14,15,16);2-4H,1H3,(H2,9,11)(H,12,13);8-9H,3-4H2,1-2H3;6-7H,3-4H2,1-2H3;1-2,6-7H2;1H4;1H;;/q2*-1;;;;;;;;;. The molecule has 47 heteroatoms. The van der Waals surface area contributed by atoms with Gasteiger partial charge in [0.15, 0.2) is 22.9 Å². The van der Waals surface area contributed by atoms with E-state index in [1.165, 1.54) is 93.4 Å². The fourth-order valence-corrected chi connectivity index (χ4v) is 8.41. The number of aromatic hydroxyl groups is 2. The molecule has 2 unspecified atom stereocenters. The maximum absolute atomic E-state index is 13.2. The fraction of sp³-hybridized carbons (Fsp3) is 0.441. The van der Waals surface area contributed by atoms with Gasteiger partial charge in [0.2, 0.25) is 11.8 Å². The van der Waals surface area contributed by atoms with Crippen molar-refractivity contribution in [3.63, 3.8) is 0 Å². The van der Waals surface area contributed by atoms with Crippen molar-refractivity contribution in [3.8, 4) is 11.5 Å². The average molecular weight is 1830 g/mol. The van der Waals surface area contributed by atoms with Gasteiger partial charge in [0.25, 0.3) is 29.6 Å². The number of ketones is 1. The molecule has 0 saturated carbocycles. The summed E-state index contributed by atoms with van der Waals surface area (Å²) >= 11 is 1.29. The van der Waals surface area contributed by atoms with Gasteiger partial charge in [-0.2, -0.15) is 35.4 Å². The molecule has 636 valence electrons. The number of thioether (sulfide) groups is 1. The van der Waals surface area contributed by atoms with Gasteiger partial charge in [-0.1, -0.05) is 44.2 Å². The van der Waals surface area contributed by atoms with E-state index in [4.69, 9.17) is 26.4 Å². The van der Waals surface area contributed by atoms with Crippen LogP contribution in [0.25, 0.3) is 0 Å². The summed E-state index contributed by atoms with van der Waals surface area (Å²) in [5, 5.41) is 75.0. The number of halogens is 9. The molecule has 0 fully saturated rings. The Bertz CT molecular complexity index is 3910. The number of anilines is 2. The van der Waals surface area contributed by atoms with Gasteiger partial charge in [-0.25, -0.2) is 59.7 Å². The van der Waals surface area contributed by atoms with Crippen LogP contribution < -0.4 is 81.4 Å². The number of alkyl halides is 8. The van der Waals surface area contributed by atoms with Gasteiger partial charge < -0.3 is 112 Å². The van der Waals surface area contributed by atoms with Gasteiger partial charge in [-0.3, -0.25) is 43.7 Å². The van der Waals surface area contributed by atoms with Crippen molar-refractivity contribution in [1.82, 2.24) is 62.8 Å². The van der Waals surface area contributed by atoms with Crippen LogP contribution >= 0.6 is 24.2 Å². The average Bonchev–Trinajstić information content (AvgIpc) is 0.855. The number of pyridine rings is 3. The molecule has 7 rings (SSSR count). The molecule has 5 heterocycles. The van der Waals surface area contributed by atoms with Crippen LogP contribution in [0, 0.1) is 26.0 Å². The van der Waals surface area contributed by atoms with E-state index in [9.17, 15) is 88.8 Å². The molecular weight excluding hydrogens is 1730 g/mol. The number of ether oxygens (including phenoxy) is 1. The van der Waals surface area contributed by atoms with Crippen LogP contribution in [0.4, 0.5) is 52.2 Å². The number of carbonyl (C=O) groups is 8. The Morgan fingerprint density at radius 1 is 0.635 bits per heavy atom. The molecule has 2 aromatic carbocycles. The molecular formula is C68H98ClF8N21O14SY2-2. The smallest absolute Gasteiger partial charge is 0.337 e. The second-order valence-corrected chi connectivity index (χ2v) is 23.9. The number of amides is 3. The van der Waals surface area contributed by atoms with E-state index < -0.39 is 130 Å². The number of aromatic carboxylic acids is 2. The number of aromatic nitrogens is 3. The van der Waals surface area contributed by atoms with Crippen LogP contribution in [0.5, 0.6) is 11.5 Å². The van der Waals surface area contributed by atoms with Gasteiger partial charge in [-0.05, 0) is 59.6 Å². The van der Waals surface area contributed by atoms with E-state index in [2.05, 4.69) is 112 Å². The molecule has 0 spiro atoms. The Kier molecular flexibility index (Phi) is 58.0. The summed E-state index contributed by atoms with van der Waals surface area (Å²) in [5.74, 6) is -16.8. The number of aryl methyl sites for hydroxylation is 2. The number of amidine groups is 1. The number of carbonyl (C=O) groups excluding carboxylic acids is 5. The first-order chi connectivity index (χ1) is 52.1. The number of benzene rings is 2. The predicted octanol–water partition coefficient (Wildman–Crippen LogP) is 3.06. The van der Waals surface area contributed by atoms with E-state index in [0.29, 0.717) is 46.4 Å². The summed E-state index contributed by atoms with van der Waals surface area (Å²) < 4.78 is 105. The number of phenols is 2. The largest absolute Gasteiger partial charge is 0.534 e. The number of nitrogens with one attached hydrogen (secondary N) is 11. The zero-order valence-electron chi connectivity index (χ0n) is 63.2. The van der Waals surface area contributed by atoms with Crippen LogP contribution in [0.2, 0.25) is 0 Å². The van der Waals surface area contributed by atoms with Crippen LogP contribution in [0.3, 0.4) is 0 Å². The minimum absolute atomic E-state index is 0. The number of rotatable bonds is 28. The number of Topliss-reactive ketones (excluding diaryl/α,β-unsaturated/α-hetero) is 1. The van der Waals surface area contributed by atoms with Crippen LogP contribution in [0.15, 0.2) is 94.6 Å². The summed E-state index contributed by atoms with van der Waals surface area (Å²) in [5.41, 5.74) is 23.4. The minimum Gasteiger partial charge on any atom is -0.534 e. The Hall–Kier alpha value is -8.53. The number of likely N-dealkylation sites (N-methyl/N-ethyl adjacent to an activating group) is 2. The molecule has 24 N–H and O–H groups in total. The van der Waals surface area contributed by atoms with Crippen molar-refractivity contribution < 1.29 is 169 Å². The number of nitrogens with two attached hydrogens (primary N) is 4. The first kappa shape index (κ1) is 113. The summed E-state index contributed by atoms with van der Waals surface area (Å²) in [4.78, 5) is 114. The van der Waals surface area contributed by atoms with E-state index in [1.807, 2.05) is 6.92 Å². The van der Waals surface area contributed by atoms with E-state index in [0.717, 1.165) is 5.56 Å². The van der Waals surface area contributed by atoms with Crippen LogP contribution in [-0.4, -0.2) is 248 Å². The molecule has 0 bridgehead atoms. The topological polar surface area (TPSA) is 559 Å². The van der Waals surface area contributed by atoms with Crippen molar-refractivity contribution in [2.75, 3.05) is 130 Å². The third-order valence-corrected chi connectivity index (χ3v) is 13.9. The Morgan fingerprint density at radius 3 is 1.44 bits per heavy atom. The summed E-state index contributed by atoms with van der Waals surface area (Å²) in [6.07, 6.45) is 9.11. The van der Waals surface area contributed by atoms with Gasteiger partial charge in [0.05, 0.1) is 137 Å². The number of carboxylic acids is 3. The van der Waals surface area contributed by atoms with E-state index in [-0.39, 0.29) is 169 Å². The molecule has 3 aromatic heterocycles. The normalized spacial score (nSPS) is 13.1. The second-order valence-electron chi connectivity index (χ2n) is 23.1. The van der Waals surface area contributed by atoms with Crippen LogP contribution in [-0.2, 0) is 94.1 Å². The maximum Gasteiger partial charge on any atom is 0.337 e. The van der Waals surface area contributed by atoms with Gasteiger partial charge in [0.1, 0.15) is 13.1 Å². The van der Waals surface area contributed by atoms with Crippen molar-refractivity contribution in [3.05, 3.63) is 131 Å². The number of aliphatic carboxylic acids is 1. The number of esters is 1. The molecule has 2 aliphatic heterocycles. The van der Waals surface area contributed by atoms with Crippen LogP contribution in [0.1, 0.15) is 92.6 Å². The van der Waals surface area contributed by atoms with Gasteiger partial charge in [-0.15, -0.1) is 24.5 Å². The third-order valence-electron chi connectivity index (χ3n) is 13.4. The van der Waals surface area contributed by atoms with Crippen molar-refractivity contribution in [2.45, 2.75) is 76.8 Å². The van der Waals surface area contributed by atoms with E-state index in [1.54, 1.807) is 46.3 Å². The third kappa shape index (κ3) is 49.2. The minimum atomic E-state index is -2.94. The van der Waals surface area contributed by atoms with Gasteiger partial charge >= 0.3 is 23.9 Å². The SMILES string of the molecule is C.CCOC(=O)CC(NC(=O)CN)c1cc(C)c[c-]c1O.CNCC(=O)CNC.CNCC(F)(F)CNC.CSC(N)=Nc1cncc(C(=O)O)c1.Cc1c[c-]c(O)c(C(CC(=O)O)NC(=O)CNC(=O)c2cncc(NC3=NCC(F)(F)CN3)c2)c1.Cl.NCC(F)(F)CN.O=C(O)c1cncc(NC2=NCC(F)(F)CN2)c1.[Y].[Y]. The molecule has 3 amide bonds. The number of nitrogens with zero attached hydrogens (tertiary/aromatic N) is 6. The first-order valence-electron chi connectivity index (χ1n) is 32.8. The predicted molar refractivity (Wildman–Crippen MR) is 412 cm³/mol. The molecule has 2 atom stereocenters. The Labute approximate surface area is 719 Å². The van der Waals surface area contributed by atoms with Crippen molar-refractivity contribution in [2.24, 2.45) is 37.9 Å². The number of carboxylic acid groups (broad SMARTS) is 3. The number of hydrogen-bond acceptors (Lipinski definition) is 29. The second kappa shape index (κ2) is 59.2. The number of aliphatic imine (C=N–C) groups is 3. The van der Waals surface area contributed by atoms with E-state index >= 15 is 0 Å². The number of guanidine groups is 2. The summed E-state index contributed by atoms with van der Waals surface area (Å²) in [6.45, 7) is 1.51. The zero-order chi connectivity index (χ0) is 84.1. The quantitative estimate of drug-likeness (QED) is 0.0112. The molecule has 5 aromatic rings. The molecule has 0 aliphatic carbocycles. The summed E-state index contributed by atoms with van der Waals surface area (Å²) in [6, 6.07) is 14.0. The van der Waals surface area contributed by atoms with Crippen molar-refractivity contribution in [1.29, 1.82) is 0 Å². The number of phenolic OH excluding ortho intramolecular Hbond substituents is 2. The monoisotopic (exact) mass is 1830 g/mol. The molecule has 35 nitrogen and oxygen atoms in total. The fourth-order valence-electron chi connectivity index (χ4n) is 8.21. The number of hydrogen-bond donors (Lipinski definition) is 20. The van der Waals surface area contributed by atoms with Crippen molar-refractivity contribution >= 4 is 106 Å². The van der Waals surface area contributed by atoms with Gasteiger partial charge in [0, 0.05) is 108 Å². The molecule has 115 heavy (non-hydrogen) atoms. The Morgan fingerprint density at radius 2 is 1.06 bits per heavy atom.